The second kappa shape index (κ2) is 30.0. The monoisotopic (exact) mass is 1090 g/mol. The maximum Gasteiger partial charge on any atom is 0.246 e. The number of nitrogens with zero attached hydrogens (tertiary/aromatic N) is 2. The van der Waals surface area contributed by atoms with Gasteiger partial charge in [-0.1, -0.05) is 109 Å². The Bertz CT molecular complexity index is 2390. The average Bonchev–Trinajstić information content (AvgIpc) is 4.11. The molecule has 414 valence electrons. The maximum atomic E-state index is 14.9. The molecule has 2 saturated heterocycles. The molecule has 76 heavy (non-hydrogen) atoms. The molecule has 3 fully saturated rings. The topological polar surface area (TPSA) is 375 Å². The summed E-state index contributed by atoms with van der Waals surface area (Å²) >= 11 is 0. The van der Waals surface area contributed by atoms with E-state index in [1.54, 1.807) is 44.2 Å². The minimum Gasteiger partial charge on any atom is -0.370 e. The first-order valence-corrected chi connectivity index (χ1v) is 28.0. The molecule has 2 aromatic carbocycles. The number of rotatable bonds is 18. The molecule has 8 atom stereocenters. The lowest BCUT2D eigenvalue weighted by molar-refractivity contribution is -0.142. The van der Waals surface area contributed by atoms with Crippen molar-refractivity contribution in [3.05, 3.63) is 71.8 Å². The van der Waals surface area contributed by atoms with E-state index in [0.29, 0.717) is 12.0 Å². The van der Waals surface area contributed by atoms with Crippen LogP contribution in [0.1, 0.15) is 89.2 Å². The van der Waals surface area contributed by atoms with Crippen LogP contribution in [-0.2, 0) is 60.8 Å². The molecule has 5 rings (SSSR count). The number of benzene rings is 2. The Morgan fingerprint density at radius 1 is 0.724 bits per heavy atom. The van der Waals surface area contributed by atoms with E-state index in [9.17, 15) is 47.9 Å². The predicted octanol–water partition coefficient (Wildman–Crippen LogP) is -1.10. The fraction of sp³-hybridized carbons (Fsp3) is 0.549. The lowest BCUT2D eigenvalue weighted by Gasteiger charge is -2.31. The van der Waals surface area contributed by atoms with Gasteiger partial charge in [-0.2, -0.15) is 0 Å². The van der Waals surface area contributed by atoms with Gasteiger partial charge in [-0.05, 0) is 61.5 Å². The SMILES string of the molecule is CC(C)[C@@H]1NC(=O)[C@H](Cc2ccccc2)NC(=O)[C@H](Cc2ccccc2)NC(=O)CC(C2CCCC2)SSC[C@@H](C(=O)N2CCC[C@H]2C(=O)N[C@@H](CCCN=C(N)N)C(=O)NCC(N)=O)NC(=O)[C@H](CC(N)=O)NC1=O. The van der Waals surface area contributed by atoms with Crippen LogP contribution in [0.4, 0.5) is 0 Å². The van der Waals surface area contributed by atoms with E-state index in [-0.39, 0.29) is 74.5 Å². The number of hydrogen-bond donors (Lipinski definition) is 11. The Balaban J connectivity index is 1.50. The van der Waals surface area contributed by atoms with Gasteiger partial charge in [-0.15, -0.1) is 0 Å². The molecule has 1 aliphatic carbocycles. The highest BCUT2D eigenvalue weighted by Gasteiger charge is 2.41. The van der Waals surface area contributed by atoms with Crippen molar-refractivity contribution in [3.8, 4) is 0 Å². The van der Waals surface area contributed by atoms with Gasteiger partial charge in [0.1, 0.15) is 42.3 Å². The zero-order chi connectivity index (χ0) is 55.3. The second-order valence-electron chi connectivity index (χ2n) is 19.6. The van der Waals surface area contributed by atoms with Gasteiger partial charge in [0.25, 0.3) is 0 Å². The molecule has 1 saturated carbocycles. The molecule has 3 aliphatic rings. The predicted molar refractivity (Wildman–Crippen MR) is 288 cm³/mol. The quantitative estimate of drug-likeness (QED) is 0.0366. The van der Waals surface area contributed by atoms with Crippen LogP contribution in [0.2, 0.25) is 0 Å². The number of hydrogen-bond acceptors (Lipinski definition) is 13. The van der Waals surface area contributed by atoms with E-state index in [1.165, 1.54) is 26.5 Å². The zero-order valence-corrected chi connectivity index (χ0v) is 44.6. The molecule has 0 bridgehead atoms. The maximum absolute atomic E-state index is 14.9. The van der Waals surface area contributed by atoms with Crippen LogP contribution in [0.5, 0.6) is 0 Å². The van der Waals surface area contributed by atoms with Crippen LogP contribution in [-0.4, -0.2) is 143 Å². The van der Waals surface area contributed by atoms with Crippen molar-refractivity contribution in [2.45, 2.75) is 138 Å². The van der Waals surface area contributed by atoms with E-state index in [0.717, 1.165) is 31.2 Å². The summed E-state index contributed by atoms with van der Waals surface area (Å²) in [6, 6.07) is 8.97. The van der Waals surface area contributed by atoms with Gasteiger partial charge in [0, 0.05) is 43.4 Å². The second-order valence-corrected chi connectivity index (χ2v) is 22.3. The van der Waals surface area contributed by atoms with E-state index < -0.39 is 120 Å². The van der Waals surface area contributed by atoms with E-state index in [1.807, 2.05) is 30.3 Å². The summed E-state index contributed by atoms with van der Waals surface area (Å²) in [5.74, 6) is -8.31. The van der Waals surface area contributed by atoms with Crippen molar-refractivity contribution >= 4 is 86.6 Å². The summed E-state index contributed by atoms with van der Waals surface area (Å²) < 4.78 is 0. The van der Waals surface area contributed by atoms with Gasteiger partial charge in [0.2, 0.25) is 59.1 Å². The average molecular weight is 1090 g/mol. The van der Waals surface area contributed by atoms with Gasteiger partial charge in [0.05, 0.1) is 13.0 Å². The summed E-state index contributed by atoms with van der Waals surface area (Å²) in [6.45, 7) is 3.00. The fourth-order valence-corrected chi connectivity index (χ4v) is 12.5. The number of carbonyl (C=O) groups is 10. The number of nitrogens with two attached hydrogens (primary N) is 4. The summed E-state index contributed by atoms with van der Waals surface area (Å²) in [7, 11) is 2.57. The van der Waals surface area contributed by atoms with E-state index in [2.05, 4.69) is 42.2 Å². The standard InChI is InChI=1S/C51H73N13O10S2/c1-29(2)43-49(73)61-36(25-40(52)65)46(70)62-37(50(74)64-22-12-20-38(64)48(72)59-33(19-11-21-56-51(54)55)44(68)57-27-41(53)66)28-75-76-39(32-17-9-10-18-32)26-42(67)58-34(23-30-13-5-3-6-14-30)45(69)60-35(47(71)63-43)24-31-15-7-4-8-16-31/h3-8,13-16,29,32-39,43H,9-12,17-28H2,1-2H3,(H2,52,65)(H2,53,66)(H,57,68)(H,58,67)(H,59,72)(H,60,69)(H,61,73)(H,62,70)(H,63,71)(H4,54,55,56)/t33-,34-,35-,36-,37-,38-,39?,43-/m0/s1. The van der Waals surface area contributed by atoms with Gasteiger partial charge < -0.3 is 65.1 Å². The summed E-state index contributed by atoms with van der Waals surface area (Å²) in [4.78, 5) is 143. The Morgan fingerprint density at radius 2 is 1.32 bits per heavy atom. The Morgan fingerprint density at radius 3 is 1.91 bits per heavy atom. The molecule has 15 N–H and O–H groups in total. The minimum atomic E-state index is -1.65. The number of nitrogens with one attached hydrogen (secondary N) is 7. The number of likely N-dealkylation sites (tertiary alicyclic amines) is 1. The number of carbonyl (C=O) groups excluding carboxylic acids is 10. The molecule has 2 aromatic rings. The number of primary amides is 2. The van der Waals surface area contributed by atoms with Gasteiger partial charge in [0.15, 0.2) is 5.96 Å². The molecular formula is C51H73N13O10S2. The van der Waals surface area contributed by atoms with Crippen LogP contribution in [0.25, 0.3) is 0 Å². The van der Waals surface area contributed by atoms with Gasteiger partial charge in [-0.25, -0.2) is 0 Å². The van der Waals surface area contributed by atoms with Crippen molar-refractivity contribution in [1.29, 1.82) is 0 Å². The van der Waals surface area contributed by atoms with E-state index >= 15 is 0 Å². The van der Waals surface area contributed by atoms with Gasteiger partial charge in [-0.3, -0.25) is 52.9 Å². The van der Waals surface area contributed by atoms with E-state index in [4.69, 9.17) is 22.9 Å². The van der Waals surface area contributed by atoms with Crippen LogP contribution < -0.4 is 60.2 Å². The molecular weight excluding hydrogens is 1020 g/mol. The molecule has 2 aliphatic heterocycles. The molecule has 0 radical (unpaired) electrons. The summed E-state index contributed by atoms with van der Waals surface area (Å²) in [6.07, 6.45) is 3.72. The van der Waals surface area contributed by atoms with Crippen molar-refractivity contribution < 1.29 is 47.9 Å². The highest BCUT2D eigenvalue weighted by molar-refractivity contribution is 8.77. The van der Waals surface area contributed by atoms with Crippen molar-refractivity contribution in [1.82, 2.24) is 42.1 Å². The Kier molecular flexibility index (Phi) is 23.7. The molecule has 1 unspecified atom stereocenters. The normalized spacial score (nSPS) is 23.9. The van der Waals surface area contributed by atoms with Crippen LogP contribution in [0.15, 0.2) is 65.7 Å². The molecule has 10 amide bonds. The molecule has 0 aromatic heterocycles. The summed E-state index contributed by atoms with van der Waals surface area (Å²) in [5, 5.41) is 18.6. The Hall–Kier alpha value is -6.89. The molecule has 2 heterocycles. The molecule has 25 heteroatoms. The van der Waals surface area contributed by atoms with Crippen LogP contribution >= 0.6 is 21.6 Å². The van der Waals surface area contributed by atoms with Crippen molar-refractivity contribution in [2.24, 2.45) is 39.8 Å². The number of guanidine groups is 1. The third kappa shape index (κ3) is 19.0. The lowest BCUT2D eigenvalue weighted by Crippen LogP contribution is -2.61. The lowest BCUT2D eigenvalue weighted by atomic mass is 9.99. The Labute approximate surface area is 450 Å². The first-order chi connectivity index (χ1) is 36.3. The smallest absolute Gasteiger partial charge is 0.246 e. The molecule has 0 spiro atoms. The van der Waals surface area contributed by atoms with Crippen LogP contribution in [0, 0.1) is 11.8 Å². The highest BCUT2D eigenvalue weighted by Crippen LogP contribution is 2.41. The third-order valence-corrected chi connectivity index (χ3v) is 16.3. The summed E-state index contributed by atoms with van der Waals surface area (Å²) in [5.41, 5.74) is 23.2. The fourth-order valence-electron chi connectivity index (χ4n) is 9.38. The largest absolute Gasteiger partial charge is 0.370 e. The zero-order valence-electron chi connectivity index (χ0n) is 43.0. The van der Waals surface area contributed by atoms with Gasteiger partial charge >= 0.3 is 0 Å². The van der Waals surface area contributed by atoms with Crippen molar-refractivity contribution in [2.75, 3.05) is 25.4 Å². The minimum absolute atomic E-state index is 0.00366. The first kappa shape index (κ1) is 60.0. The molecule has 23 nitrogen and oxygen atoms in total. The third-order valence-electron chi connectivity index (χ3n) is 13.3. The van der Waals surface area contributed by atoms with Crippen molar-refractivity contribution in [3.63, 3.8) is 0 Å². The van der Waals surface area contributed by atoms with Crippen LogP contribution in [0.3, 0.4) is 0 Å². The first-order valence-electron chi connectivity index (χ1n) is 25.7. The highest BCUT2D eigenvalue weighted by atomic mass is 33.1. The number of aliphatic imine (C=N–C) groups is 1. The number of amides is 10.